The van der Waals surface area contributed by atoms with E-state index in [1.165, 1.54) is 12.1 Å². The van der Waals surface area contributed by atoms with Crippen molar-refractivity contribution in [2.24, 2.45) is 0 Å². The molecule has 0 saturated carbocycles. The summed E-state index contributed by atoms with van der Waals surface area (Å²) in [6.07, 6.45) is 1.70. The van der Waals surface area contributed by atoms with Crippen molar-refractivity contribution in [1.82, 2.24) is 10.2 Å². The van der Waals surface area contributed by atoms with Gasteiger partial charge in [-0.2, -0.15) is 0 Å². The Hall–Kier alpha value is -2.96. The summed E-state index contributed by atoms with van der Waals surface area (Å²) in [5.74, 6) is 0.402. The maximum Gasteiger partial charge on any atom is 0.234 e. The lowest BCUT2D eigenvalue weighted by Crippen LogP contribution is -2.37. The quantitative estimate of drug-likeness (QED) is 0.476. The minimum atomic E-state index is -0.298. The second kappa shape index (κ2) is 10.7. The van der Waals surface area contributed by atoms with Gasteiger partial charge in [0.1, 0.15) is 18.2 Å². The first kappa shape index (κ1) is 21.7. The summed E-state index contributed by atoms with van der Waals surface area (Å²) < 4.78 is 18.8. The van der Waals surface area contributed by atoms with Crippen LogP contribution in [0.1, 0.15) is 22.0 Å². The minimum Gasteiger partial charge on any atom is -0.490 e. The van der Waals surface area contributed by atoms with Crippen LogP contribution in [0.3, 0.4) is 0 Å². The van der Waals surface area contributed by atoms with Crippen molar-refractivity contribution in [3.8, 4) is 5.75 Å². The van der Waals surface area contributed by atoms with E-state index < -0.39 is 0 Å². The summed E-state index contributed by atoms with van der Waals surface area (Å²) in [6.45, 7) is 4.99. The highest BCUT2D eigenvalue weighted by molar-refractivity contribution is 7.10. The van der Waals surface area contributed by atoms with Gasteiger partial charge < -0.3 is 10.1 Å². The third kappa shape index (κ3) is 6.27. The molecule has 0 saturated heterocycles. The van der Waals surface area contributed by atoms with Gasteiger partial charge in [-0.05, 0) is 53.9 Å². The monoisotopic (exact) mass is 424 g/mol. The predicted molar refractivity (Wildman–Crippen MR) is 119 cm³/mol. The molecule has 0 aliphatic carbocycles. The number of hydrogen-bond acceptors (Lipinski definition) is 4. The molecule has 30 heavy (non-hydrogen) atoms. The van der Waals surface area contributed by atoms with Gasteiger partial charge in [-0.3, -0.25) is 9.69 Å². The van der Waals surface area contributed by atoms with E-state index in [4.69, 9.17) is 4.74 Å². The Labute approximate surface area is 180 Å². The number of rotatable bonds is 10. The molecule has 1 atom stereocenters. The van der Waals surface area contributed by atoms with Crippen LogP contribution in [0.4, 0.5) is 4.39 Å². The van der Waals surface area contributed by atoms with Crippen molar-refractivity contribution in [3.05, 3.63) is 101 Å². The highest BCUT2D eigenvalue weighted by atomic mass is 32.1. The van der Waals surface area contributed by atoms with Crippen LogP contribution in [-0.4, -0.2) is 31.0 Å². The first-order valence-corrected chi connectivity index (χ1v) is 10.5. The van der Waals surface area contributed by atoms with Gasteiger partial charge in [0.25, 0.3) is 0 Å². The highest BCUT2D eigenvalue weighted by Crippen LogP contribution is 2.26. The molecular formula is C24H25FN2O2S. The lowest BCUT2D eigenvalue weighted by atomic mass is 10.1. The Morgan fingerprint density at radius 3 is 2.57 bits per heavy atom. The number of carbonyl (C=O) groups excluding carboxylic acids is 1. The van der Waals surface area contributed by atoms with Crippen LogP contribution < -0.4 is 10.1 Å². The Morgan fingerprint density at radius 2 is 1.93 bits per heavy atom. The van der Waals surface area contributed by atoms with Gasteiger partial charge in [0.2, 0.25) is 5.91 Å². The van der Waals surface area contributed by atoms with Crippen LogP contribution in [0.15, 0.2) is 78.7 Å². The van der Waals surface area contributed by atoms with Crippen LogP contribution in [0, 0.1) is 5.82 Å². The van der Waals surface area contributed by atoms with Crippen molar-refractivity contribution in [1.29, 1.82) is 0 Å². The summed E-state index contributed by atoms with van der Waals surface area (Å²) in [5.41, 5.74) is 1.94. The van der Waals surface area contributed by atoms with E-state index in [0.29, 0.717) is 13.2 Å². The molecule has 2 aromatic carbocycles. The molecule has 0 aliphatic heterocycles. The van der Waals surface area contributed by atoms with Gasteiger partial charge in [-0.15, -0.1) is 11.3 Å². The smallest absolute Gasteiger partial charge is 0.234 e. The van der Waals surface area contributed by atoms with Crippen LogP contribution in [-0.2, 0) is 11.3 Å². The van der Waals surface area contributed by atoms with Crippen LogP contribution in [0.2, 0.25) is 0 Å². The fraction of sp³-hybridized carbons (Fsp3) is 0.208. The van der Waals surface area contributed by atoms with E-state index in [1.807, 2.05) is 53.7 Å². The fourth-order valence-electron chi connectivity index (χ4n) is 3.10. The van der Waals surface area contributed by atoms with Crippen LogP contribution in [0.5, 0.6) is 5.75 Å². The van der Waals surface area contributed by atoms with E-state index in [0.717, 1.165) is 21.8 Å². The second-order valence-corrected chi connectivity index (χ2v) is 7.96. The maximum absolute atomic E-state index is 13.3. The molecule has 0 fully saturated rings. The summed E-state index contributed by atoms with van der Waals surface area (Å²) in [7, 11) is 1.90. The fourth-order valence-corrected chi connectivity index (χ4v) is 3.90. The molecule has 4 nitrogen and oxygen atoms in total. The number of halogens is 1. The van der Waals surface area contributed by atoms with Crippen molar-refractivity contribution in [2.45, 2.75) is 12.6 Å². The molecule has 1 N–H and O–H groups in total. The maximum atomic E-state index is 13.3. The number of ether oxygens (including phenoxy) is 1. The van der Waals surface area contributed by atoms with Crippen molar-refractivity contribution < 1.29 is 13.9 Å². The lowest BCUT2D eigenvalue weighted by Gasteiger charge is -2.21. The molecule has 156 valence electrons. The molecule has 6 heteroatoms. The van der Waals surface area contributed by atoms with Gasteiger partial charge in [0.05, 0.1) is 12.6 Å². The number of nitrogens with zero attached hydrogens (tertiary/aromatic N) is 1. The van der Waals surface area contributed by atoms with Gasteiger partial charge in [-0.25, -0.2) is 4.39 Å². The topological polar surface area (TPSA) is 41.6 Å². The lowest BCUT2D eigenvalue weighted by molar-refractivity contribution is -0.122. The van der Waals surface area contributed by atoms with Gasteiger partial charge in [0, 0.05) is 11.4 Å². The number of hydrogen-bond donors (Lipinski definition) is 1. The standard InChI is InChI=1S/C24H25FN2O2S/c1-3-14-29-21-12-6-18(7-13-21)16-27(2)17-23(28)26-24(22-5-4-15-30-22)19-8-10-20(25)11-9-19/h3-13,15,24H,1,14,16-17H2,2H3,(H,26,28)/t24-/m1/s1. The Bertz CT molecular complexity index is 940. The molecule has 0 bridgehead atoms. The molecule has 1 amide bonds. The molecule has 0 aliphatic rings. The van der Waals surface area contributed by atoms with E-state index >= 15 is 0 Å². The second-order valence-electron chi connectivity index (χ2n) is 6.98. The first-order valence-electron chi connectivity index (χ1n) is 9.64. The zero-order valence-electron chi connectivity index (χ0n) is 16.9. The summed E-state index contributed by atoms with van der Waals surface area (Å²) in [6, 6.07) is 17.7. The number of amides is 1. The molecular weight excluding hydrogens is 399 g/mol. The van der Waals surface area contributed by atoms with Gasteiger partial charge in [-0.1, -0.05) is 43.0 Å². The molecule has 1 heterocycles. The zero-order valence-corrected chi connectivity index (χ0v) is 17.7. The van der Waals surface area contributed by atoms with E-state index in [9.17, 15) is 9.18 Å². The summed E-state index contributed by atoms with van der Waals surface area (Å²) in [5, 5.41) is 5.05. The molecule has 3 rings (SSSR count). The third-order valence-electron chi connectivity index (χ3n) is 4.49. The third-order valence-corrected chi connectivity index (χ3v) is 5.43. The highest BCUT2D eigenvalue weighted by Gasteiger charge is 2.19. The first-order chi connectivity index (χ1) is 14.5. The Kier molecular flexibility index (Phi) is 7.76. The number of likely N-dealkylation sites (N-methyl/N-ethyl adjacent to an activating group) is 1. The number of carbonyl (C=O) groups is 1. The Morgan fingerprint density at radius 1 is 1.20 bits per heavy atom. The van der Waals surface area contributed by atoms with E-state index in [-0.39, 0.29) is 24.3 Å². The average molecular weight is 425 g/mol. The molecule has 3 aromatic rings. The molecule has 0 radical (unpaired) electrons. The normalized spacial score (nSPS) is 11.8. The number of thiophene rings is 1. The van der Waals surface area contributed by atoms with Gasteiger partial charge >= 0.3 is 0 Å². The van der Waals surface area contributed by atoms with Crippen molar-refractivity contribution in [3.63, 3.8) is 0 Å². The number of benzene rings is 2. The SMILES string of the molecule is C=CCOc1ccc(CN(C)CC(=O)N[C@H](c2ccc(F)cc2)c2cccs2)cc1. The van der Waals surface area contributed by atoms with Crippen molar-refractivity contribution >= 4 is 17.2 Å². The summed E-state index contributed by atoms with van der Waals surface area (Å²) in [4.78, 5) is 15.7. The zero-order chi connectivity index (χ0) is 21.3. The number of nitrogens with one attached hydrogen (secondary N) is 1. The molecule has 1 aromatic heterocycles. The largest absolute Gasteiger partial charge is 0.490 e. The predicted octanol–water partition coefficient (Wildman–Crippen LogP) is 4.79. The Balaban J connectivity index is 1.59. The van der Waals surface area contributed by atoms with Crippen molar-refractivity contribution in [2.75, 3.05) is 20.2 Å². The molecule has 0 unspecified atom stereocenters. The average Bonchev–Trinajstić information content (AvgIpc) is 3.27. The van der Waals surface area contributed by atoms with E-state index in [1.54, 1.807) is 29.5 Å². The summed E-state index contributed by atoms with van der Waals surface area (Å²) >= 11 is 1.56. The van der Waals surface area contributed by atoms with Crippen LogP contribution in [0.25, 0.3) is 0 Å². The van der Waals surface area contributed by atoms with Crippen LogP contribution >= 0.6 is 11.3 Å². The molecule has 0 spiro atoms. The van der Waals surface area contributed by atoms with Gasteiger partial charge in [0.15, 0.2) is 0 Å². The van der Waals surface area contributed by atoms with E-state index in [2.05, 4.69) is 11.9 Å². The minimum absolute atomic E-state index is 0.0915.